The van der Waals surface area contributed by atoms with Crippen LogP contribution in [0.4, 0.5) is 4.39 Å². The number of likely N-dealkylation sites (N-methyl/N-ethyl adjacent to an activating group) is 1. The van der Waals surface area contributed by atoms with Gasteiger partial charge in [-0.25, -0.2) is 4.39 Å². The minimum Gasteiger partial charge on any atom is -0.346 e. The number of hydrogen-bond acceptors (Lipinski definition) is 5. The van der Waals surface area contributed by atoms with Crippen molar-refractivity contribution in [2.45, 2.75) is 39.3 Å². The molecule has 0 unspecified atom stereocenters. The highest BCUT2D eigenvalue weighted by Gasteiger charge is 2.21. The van der Waals surface area contributed by atoms with Crippen LogP contribution in [0.3, 0.4) is 0 Å². The number of nitrogens with zero attached hydrogens (tertiary/aromatic N) is 3. The number of aromatic nitrogens is 2. The van der Waals surface area contributed by atoms with Crippen LogP contribution in [0, 0.1) is 5.82 Å². The Balaban J connectivity index is 1.81. The average molecular weight is 334 g/mol. The molecule has 0 aliphatic heterocycles. The zero-order valence-corrected chi connectivity index (χ0v) is 14.5. The molecule has 0 radical (unpaired) electrons. The first kappa shape index (κ1) is 18.1. The lowest BCUT2D eigenvalue weighted by atomic mass is 9.96. The van der Waals surface area contributed by atoms with Crippen LogP contribution in [-0.4, -0.2) is 34.5 Å². The maximum Gasteiger partial charge on any atom is 0.246 e. The number of amides is 1. The van der Waals surface area contributed by atoms with E-state index in [0.717, 1.165) is 0 Å². The van der Waals surface area contributed by atoms with Crippen molar-refractivity contribution >= 4 is 5.91 Å². The Morgan fingerprint density at radius 1 is 1.33 bits per heavy atom. The van der Waals surface area contributed by atoms with E-state index in [1.54, 1.807) is 30.1 Å². The summed E-state index contributed by atoms with van der Waals surface area (Å²) >= 11 is 0. The summed E-state index contributed by atoms with van der Waals surface area (Å²) in [5, 5.41) is 6.63. The van der Waals surface area contributed by atoms with E-state index in [1.807, 2.05) is 20.8 Å². The van der Waals surface area contributed by atoms with Crippen LogP contribution >= 0.6 is 0 Å². The fourth-order valence-corrected chi connectivity index (χ4v) is 2.08. The predicted octanol–water partition coefficient (Wildman–Crippen LogP) is 2.25. The largest absolute Gasteiger partial charge is 0.346 e. The van der Waals surface area contributed by atoms with Gasteiger partial charge in [0.2, 0.25) is 11.8 Å². The summed E-state index contributed by atoms with van der Waals surface area (Å²) in [6.07, 6.45) is 0. The number of hydrogen-bond donors (Lipinski definition) is 1. The van der Waals surface area contributed by atoms with E-state index >= 15 is 0 Å². The van der Waals surface area contributed by atoms with Gasteiger partial charge in [-0.3, -0.25) is 9.69 Å². The maximum absolute atomic E-state index is 13.6. The van der Waals surface area contributed by atoms with E-state index < -0.39 is 0 Å². The standard InChI is InChI=1S/C17H23FN4O2/c1-17(2,3)16-20-15(24-21-16)9-19-14(23)11-22(4)10-12-7-5-6-8-13(12)18/h5-8H,9-11H2,1-4H3,(H,19,23). The Labute approximate surface area is 141 Å². The molecule has 0 aliphatic rings. The highest BCUT2D eigenvalue weighted by atomic mass is 19.1. The quantitative estimate of drug-likeness (QED) is 0.877. The Hall–Kier alpha value is -2.28. The predicted molar refractivity (Wildman–Crippen MR) is 87.6 cm³/mol. The molecule has 0 atom stereocenters. The lowest BCUT2D eigenvalue weighted by Crippen LogP contribution is -2.34. The van der Waals surface area contributed by atoms with Crippen LogP contribution in [0.25, 0.3) is 0 Å². The molecule has 1 amide bonds. The first-order valence-electron chi connectivity index (χ1n) is 7.77. The zero-order chi connectivity index (χ0) is 17.7. The highest BCUT2D eigenvalue weighted by Crippen LogP contribution is 2.18. The molecular weight excluding hydrogens is 311 g/mol. The van der Waals surface area contributed by atoms with E-state index in [9.17, 15) is 9.18 Å². The van der Waals surface area contributed by atoms with Crippen LogP contribution in [0.2, 0.25) is 0 Å². The Bertz CT molecular complexity index is 694. The van der Waals surface area contributed by atoms with Crippen molar-refractivity contribution in [2.24, 2.45) is 0 Å². The van der Waals surface area contributed by atoms with Crippen LogP contribution in [0.1, 0.15) is 38.0 Å². The van der Waals surface area contributed by atoms with Gasteiger partial charge in [-0.1, -0.05) is 44.1 Å². The molecule has 24 heavy (non-hydrogen) atoms. The third-order valence-corrected chi connectivity index (χ3v) is 3.39. The molecule has 0 saturated carbocycles. The summed E-state index contributed by atoms with van der Waals surface area (Å²) in [4.78, 5) is 18.0. The second-order valence-corrected chi connectivity index (χ2v) is 6.80. The fraction of sp³-hybridized carbons (Fsp3) is 0.471. The van der Waals surface area contributed by atoms with Crippen molar-refractivity contribution < 1.29 is 13.7 Å². The minimum absolute atomic E-state index is 0.147. The third kappa shape index (κ3) is 5.13. The average Bonchev–Trinajstić information content (AvgIpc) is 2.96. The molecule has 0 aliphatic carbocycles. The van der Waals surface area contributed by atoms with Gasteiger partial charge in [0.1, 0.15) is 5.82 Å². The van der Waals surface area contributed by atoms with Crippen molar-refractivity contribution in [3.8, 4) is 0 Å². The molecular formula is C17H23FN4O2. The minimum atomic E-state index is -0.273. The summed E-state index contributed by atoms with van der Waals surface area (Å²) in [5.41, 5.74) is 0.352. The van der Waals surface area contributed by atoms with Crippen molar-refractivity contribution in [3.63, 3.8) is 0 Å². The SMILES string of the molecule is CN(CC(=O)NCc1nc(C(C)(C)C)no1)Cc1ccccc1F. The van der Waals surface area contributed by atoms with Gasteiger partial charge in [-0.15, -0.1) is 0 Å². The number of benzene rings is 1. The van der Waals surface area contributed by atoms with Gasteiger partial charge in [0.25, 0.3) is 0 Å². The lowest BCUT2D eigenvalue weighted by molar-refractivity contribution is -0.122. The second-order valence-electron chi connectivity index (χ2n) is 6.80. The fourth-order valence-electron chi connectivity index (χ4n) is 2.08. The Kier molecular flexibility index (Phi) is 5.66. The van der Waals surface area contributed by atoms with Crippen LogP contribution in [-0.2, 0) is 23.3 Å². The number of halogens is 1. The molecule has 7 heteroatoms. The molecule has 0 fully saturated rings. The zero-order valence-electron chi connectivity index (χ0n) is 14.5. The van der Waals surface area contributed by atoms with Gasteiger partial charge < -0.3 is 9.84 Å². The Morgan fingerprint density at radius 2 is 2.04 bits per heavy atom. The summed E-state index contributed by atoms with van der Waals surface area (Å²) in [7, 11) is 1.76. The van der Waals surface area contributed by atoms with E-state index in [4.69, 9.17) is 4.52 Å². The molecule has 0 saturated heterocycles. The van der Waals surface area contributed by atoms with E-state index in [2.05, 4.69) is 15.5 Å². The van der Waals surface area contributed by atoms with Crippen LogP contribution in [0.15, 0.2) is 28.8 Å². The maximum atomic E-state index is 13.6. The molecule has 0 bridgehead atoms. The number of carbonyl (C=O) groups excluding carboxylic acids is 1. The van der Waals surface area contributed by atoms with E-state index in [1.165, 1.54) is 6.07 Å². The third-order valence-electron chi connectivity index (χ3n) is 3.39. The molecule has 1 aromatic heterocycles. The lowest BCUT2D eigenvalue weighted by Gasteiger charge is -2.16. The normalized spacial score (nSPS) is 11.8. The number of nitrogens with one attached hydrogen (secondary N) is 1. The number of carbonyl (C=O) groups is 1. The summed E-state index contributed by atoms with van der Waals surface area (Å²) in [5.74, 6) is 0.503. The first-order valence-corrected chi connectivity index (χ1v) is 7.77. The molecule has 6 nitrogen and oxygen atoms in total. The van der Waals surface area contributed by atoms with Gasteiger partial charge in [0.05, 0.1) is 13.1 Å². The number of rotatable bonds is 6. The molecule has 0 spiro atoms. The molecule has 1 aromatic carbocycles. The van der Waals surface area contributed by atoms with Crippen molar-refractivity contribution in [1.82, 2.24) is 20.4 Å². The highest BCUT2D eigenvalue weighted by molar-refractivity contribution is 5.77. The smallest absolute Gasteiger partial charge is 0.246 e. The molecule has 2 aromatic rings. The van der Waals surface area contributed by atoms with Crippen molar-refractivity contribution in [1.29, 1.82) is 0 Å². The second kappa shape index (κ2) is 7.53. The summed E-state index contributed by atoms with van der Waals surface area (Å²) < 4.78 is 18.7. The van der Waals surface area contributed by atoms with Crippen molar-refractivity contribution in [2.75, 3.05) is 13.6 Å². The monoisotopic (exact) mass is 334 g/mol. The first-order chi connectivity index (χ1) is 11.3. The molecule has 2 rings (SSSR count). The van der Waals surface area contributed by atoms with E-state index in [0.29, 0.717) is 23.8 Å². The summed E-state index contributed by atoms with van der Waals surface area (Å²) in [6, 6.07) is 6.53. The summed E-state index contributed by atoms with van der Waals surface area (Å²) in [6.45, 7) is 6.63. The van der Waals surface area contributed by atoms with Gasteiger partial charge in [-0.05, 0) is 13.1 Å². The van der Waals surface area contributed by atoms with Gasteiger partial charge in [0, 0.05) is 17.5 Å². The molecule has 130 valence electrons. The van der Waals surface area contributed by atoms with Crippen LogP contribution < -0.4 is 5.32 Å². The van der Waals surface area contributed by atoms with Crippen molar-refractivity contribution in [3.05, 3.63) is 47.4 Å². The van der Waals surface area contributed by atoms with Crippen LogP contribution in [0.5, 0.6) is 0 Å². The van der Waals surface area contributed by atoms with Gasteiger partial charge in [-0.2, -0.15) is 4.98 Å². The molecule has 1 heterocycles. The molecule has 1 N–H and O–H groups in total. The van der Waals surface area contributed by atoms with E-state index in [-0.39, 0.29) is 30.2 Å². The Morgan fingerprint density at radius 3 is 2.67 bits per heavy atom. The van der Waals surface area contributed by atoms with Gasteiger partial charge in [0.15, 0.2) is 5.82 Å². The topological polar surface area (TPSA) is 71.3 Å². The van der Waals surface area contributed by atoms with Gasteiger partial charge >= 0.3 is 0 Å².